The summed E-state index contributed by atoms with van der Waals surface area (Å²) in [4.78, 5) is 22.6. The lowest BCUT2D eigenvalue weighted by molar-refractivity contribution is -0.124. The molecule has 1 fully saturated rings. The fraction of sp³-hybridized carbons (Fsp3) is 0.385. The van der Waals surface area contributed by atoms with Crippen molar-refractivity contribution >= 4 is 11.9 Å². The average Bonchev–Trinajstić information content (AvgIpc) is 2.60. The van der Waals surface area contributed by atoms with Gasteiger partial charge in [0.05, 0.1) is 6.61 Å². The zero-order valence-corrected chi connectivity index (χ0v) is 10.2. The molecule has 0 unspecified atom stereocenters. The van der Waals surface area contributed by atoms with Gasteiger partial charge in [0.2, 0.25) is 0 Å². The molecule has 1 heterocycles. The number of imide groups is 1. The van der Waals surface area contributed by atoms with Crippen molar-refractivity contribution in [1.82, 2.24) is 10.6 Å². The summed E-state index contributed by atoms with van der Waals surface area (Å²) in [5, 5.41) is 4.82. The number of rotatable bonds is 5. The Morgan fingerprint density at radius 3 is 2.56 bits per heavy atom. The lowest BCUT2D eigenvalue weighted by Gasteiger charge is -2.20. The van der Waals surface area contributed by atoms with Gasteiger partial charge >= 0.3 is 6.03 Å². The van der Waals surface area contributed by atoms with Gasteiger partial charge in [0.25, 0.3) is 5.91 Å². The van der Waals surface area contributed by atoms with E-state index in [9.17, 15) is 9.59 Å². The van der Waals surface area contributed by atoms with E-state index >= 15 is 0 Å². The highest BCUT2D eigenvalue weighted by atomic mass is 16.5. The van der Waals surface area contributed by atoms with Crippen LogP contribution in [0.25, 0.3) is 0 Å². The van der Waals surface area contributed by atoms with E-state index in [1.54, 1.807) is 6.92 Å². The van der Waals surface area contributed by atoms with E-state index in [2.05, 4.69) is 10.6 Å². The maximum atomic E-state index is 11.5. The Morgan fingerprint density at radius 2 is 1.94 bits per heavy atom. The molecule has 1 saturated heterocycles. The smallest absolute Gasteiger partial charge is 0.322 e. The van der Waals surface area contributed by atoms with Crippen LogP contribution in [0.15, 0.2) is 30.3 Å². The third-order valence-electron chi connectivity index (χ3n) is 2.98. The monoisotopic (exact) mass is 248 g/mol. The predicted octanol–water partition coefficient (Wildman–Crippen LogP) is 1.19. The molecule has 5 nitrogen and oxygen atoms in total. The van der Waals surface area contributed by atoms with Crippen molar-refractivity contribution in [2.45, 2.75) is 25.5 Å². The van der Waals surface area contributed by atoms with Crippen LogP contribution in [-0.2, 0) is 16.1 Å². The van der Waals surface area contributed by atoms with Gasteiger partial charge in [0, 0.05) is 13.0 Å². The predicted molar refractivity (Wildman–Crippen MR) is 65.8 cm³/mol. The molecule has 3 amide bonds. The molecule has 96 valence electrons. The topological polar surface area (TPSA) is 67.4 Å². The Morgan fingerprint density at radius 1 is 1.22 bits per heavy atom. The average molecular weight is 248 g/mol. The summed E-state index contributed by atoms with van der Waals surface area (Å²) in [5.74, 6) is -0.296. The molecule has 0 spiro atoms. The van der Waals surface area contributed by atoms with Crippen molar-refractivity contribution in [1.29, 1.82) is 0 Å². The highest BCUT2D eigenvalue weighted by Crippen LogP contribution is 2.14. The molecule has 0 aliphatic carbocycles. The second-order valence-corrected chi connectivity index (χ2v) is 4.53. The number of benzene rings is 1. The second kappa shape index (κ2) is 5.18. The molecular weight excluding hydrogens is 232 g/mol. The van der Waals surface area contributed by atoms with E-state index in [1.165, 1.54) is 0 Å². The van der Waals surface area contributed by atoms with E-state index in [-0.39, 0.29) is 5.91 Å². The maximum absolute atomic E-state index is 11.5. The first-order chi connectivity index (χ1) is 8.60. The molecule has 1 aromatic carbocycles. The summed E-state index contributed by atoms with van der Waals surface area (Å²) >= 11 is 0. The molecule has 1 atom stereocenters. The Labute approximate surface area is 106 Å². The van der Waals surface area contributed by atoms with Gasteiger partial charge in [-0.2, -0.15) is 0 Å². The molecule has 2 N–H and O–H groups in total. The van der Waals surface area contributed by atoms with Crippen molar-refractivity contribution in [3.8, 4) is 0 Å². The van der Waals surface area contributed by atoms with E-state index in [0.29, 0.717) is 19.6 Å². The van der Waals surface area contributed by atoms with Crippen molar-refractivity contribution in [2.75, 3.05) is 6.61 Å². The van der Waals surface area contributed by atoms with Gasteiger partial charge in [-0.1, -0.05) is 30.3 Å². The Balaban J connectivity index is 1.76. The van der Waals surface area contributed by atoms with Crippen LogP contribution in [0.4, 0.5) is 4.79 Å². The van der Waals surface area contributed by atoms with Crippen LogP contribution >= 0.6 is 0 Å². The highest BCUT2D eigenvalue weighted by molar-refractivity contribution is 6.06. The minimum atomic E-state index is -0.853. The number of hydrogen-bond donors (Lipinski definition) is 2. The van der Waals surface area contributed by atoms with Crippen LogP contribution in [0.2, 0.25) is 0 Å². The van der Waals surface area contributed by atoms with Gasteiger partial charge in [-0.15, -0.1) is 0 Å². The molecule has 2 rings (SSSR count). The lowest BCUT2D eigenvalue weighted by atomic mass is 9.99. The summed E-state index contributed by atoms with van der Waals surface area (Å²) in [6.07, 6.45) is 0.456. The van der Waals surface area contributed by atoms with Crippen molar-refractivity contribution < 1.29 is 14.3 Å². The maximum Gasteiger partial charge on any atom is 0.322 e. The molecule has 0 aromatic heterocycles. The molecule has 18 heavy (non-hydrogen) atoms. The van der Waals surface area contributed by atoms with Crippen LogP contribution in [-0.4, -0.2) is 24.1 Å². The first-order valence-corrected chi connectivity index (χ1v) is 5.85. The Bertz CT molecular complexity index is 447. The third kappa shape index (κ3) is 2.87. The Kier molecular flexibility index (Phi) is 3.62. The van der Waals surface area contributed by atoms with Gasteiger partial charge in [0.15, 0.2) is 0 Å². The number of hydrogen-bond acceptors (Lipinski definition) is 3. The van der Waals surface area contributed by atoms with Crippen molar-refractivity contribution in [2.24, 2.45) is 0 Å². The van der Waals surface area contributed by atoms with Crippen molar-refractivity contribution in [3.05, 3.63) is 35.9 Å². The summed E-state index contributed by atoms with van der Waals surface area (Å²) in [5.41, 5.74) is 0.232. The van der Waals surface area contributed by atoms with E-state index in [1.807, 2.05) is 30.3 Å². The number of nitrogens with one attached hydrogen (secondary N) is 2. The van der Waals surface area contributed by atoms with Gasteiger partial charge in [0.1, 0.15) is 5.54 Å². The SMILES string of the molecule is C[C@@]1(CCOCc2ccccc2)NC(=O)NC1=O. The number of carbonyl (C=O) groups excluding carboxylic acids is 2. The van der Waals surface area contributed by atoms with Gasteiger partial charge in [-0.3, -0.25) is 10.1 Å². The van der Waals surface area contributed by atoms with E-state index in [0.717, 1.165) is 5.56 Å². The molecular formula is C13H16N2O3. The molecule has 1 aliphatic heterocycles. The number of ether oxygens (including phenoxy) is 1. The quantitative estimate of drug-likeness (QED) is 0.607. The molecule has 1 aliphatic rings. The summed E-state index contributed by atoms with van der Waals surface area (Å²) in [7, 11) is 0. The zero-order chi connectivity index (χ0) is 13.0. The van der Waals surface area contributed by atoms with Gasteiger partial charge in [-0.05, 0) is 12.5 Å². The fourth-order valence-corrected chi connectivity index (χ4v) is 1.80. The minimum Gasteiger partial charge on any atom is -0.377 e. The summed E-state index contributed by atoms with van der Waals surface area (Å²) < 4.78 is 5.50. The molecule has 5 heteroatoms. The van der Waals surface area contributed by atoms with Gasteiger partial charge in [-0.25, -0.2) is 4.79 Å². The highest BCUT2D eigenvalue weighted by Gasteiger charge is 2.41. The van der Waals surface area contributed by atoms with Crippen LogP contribution in [0.1, 0.15) is 18.9 Å². The largest absolute Gasteiger partial charge is 0.377 e. The summed E-state index contributed by atoms with van der Waals surface area (Å²) in [6, 6.07) is 9.36. The molecule has 0 saturated carbocycles. The standard InChI is InChI=1S/C13H16N2O3/c1-13(11(16)14-12(17)15-13)7-8-18-9-10-5-3-2-4-6-10/h2-6H,7-9H2,1H3,(H2,14,15,16,17)/t13-/m0/s1. The second-order valence-electron chi connectivity index (χ2n) is 4.53. The first kappa shape index (κ1) is 12.6. The van der Waals surface area contributed by atoms with Crippen LogP contribution in [0.3, 0.4) is 0 Å². The van der Waals surface area contributed by atoms with Crippen molar-refractivity contribution in [3.63, 3.8) is 0 Å². The van der Waals surface area contributed by atoms with E-state index in [4.69, 9.17) is 4.74 Å². The van der Waals surface area contributed by atoms with Crippen LogP contribution in [0, 0.1) is 0 Å². The minimum absolute atomic E-state index is 0.296. The molecule has 1 aromatic rings. The van der Waals surface area contributed by atoms with E-state index < -0.39 is 11.6 Å². The number of amides is 3. The molecule has 0 radical (unpaired) electrons. The van der Waals surface area contributed by atoms with Gasteiger partial charge < -0.3 is 10.1 Å². The zero-order valence-electron chi connectivity index (χ0n) is 10.2. The van der Waals surface area contributed by atoms with Crippen LogP contribution < -0.4 is 10.6 Å². The molecule has 0 bridgehead atoms. The Hall–Kier alpha value is -1.88. The summed E-state index contributed by atoms with van der Waals surface area (Å²) in [6.45, 7) is 2.62. The first-order valence-electron chi connectivity index (χ1n) is 5.85. The number of carbonyl (C=O) groups is 2. The fourth-order valence-electron chi connectivity index (χ4n) is 1.80. The number of urea groups is 1. The normalized spacial score (nSPS) is 22.7. The van der Waals surface area contributed by atoms with Crippen LogP contribution in [0.5, 0.6) is 0 Å². The lowest BCUT2D eigenvalue weighted by Crippen LogP contribution is -2.44. The third-order valence-corrected chi connectivity index (χ3v) is 2.98.